The molecule has 0 spiro atoms. The molecule has 2 atom stereocenters. The van der Waals surface area contributed by atoms with Crippen molar-refractivity contribution in [3.05, 3.63) is 77.5 Å². The van der Waals surface area contributed by atoms with Crippen molar-refractivity contribution in [2.45, 2.75) is 49.7 Å². The van der Waals surface area contributed by atoms with E-state index in [0.717, 1.165) is 41.8 Å². The number of hydrogen-bond acceptors (Lipinski definition) is 3. The van der Waals surface area contributed by atoms with Crippen molar-refractivity contribution in [2.24, 2.45) is 0 Å². The topological polar surface area (TPSA) is 62.2 Å². The number of rotatable bonds is 7. The van der Waals surface area contributed by atoms with Crippen LogP contribution >= 0.6 is 0 Å². The molecule has 11 heteroatoms. The van der Waals surface area contributed by atoms with Gasteiger partial charge >= 0.3 is 18.1 Å². The van der Waals surface area contributed by atoms with Crippen LogP contribution in [0, 0.1) is 0 Å². The zero-order valence-electron chi connectivity index (χ0n) is 20.5. The van der Waals surface area contributed by atoms with Crippen molar-refractivity contribution in [1.29, 1.82) is 0 Å². The molecule has 0 bridgehead atoms. The molecule has 202 valence electrons. The van der Waals surface area contributed by atoms with Gasteiger partial charge in [-0.15, -0.1) is 0 Å². The maximum atomic E-state index is 13.6. The number of aryl methyl sites for hydroxylation is 1. The summed E-state index contributed by atoms with van der Waals surface area (Å²) in [6.45, 7) is -0.0405. The predicted molar refractivity (Wildman–Crippen MR) is 133 cm³/mol. The molecule has 2 heterocycles. The lowest BCUT2D eigenvalue weighted by Crippen LogP contribution is -2.43. The summed E-state index contributed by atoms with van der Waals surface area (Å²) >= 11 is 0. The van der Waals surface area contributed by atoms with Gasteiger partial charge in [-0.05, 0) is 37.0 Å². The van der Waals surface area contributed by atoms with Gasteiger partial charge in [0.05, 0.1) is 17.4 Å². The lowest BCUT2D eigenvalue weighted by atomic mass is 9.94. The van der Waals surface area contributed by atoms with Crippen molar-refractivity contribution in [3.63, 3.8) is 0 Å². The fraction of sp³-hybridized carbons (Fsp3) is 0.407. The van der Waals surface area contributed by atoms with Crippen molar-refractivity contribution in [3.8, 4) is 5.69 Å². The van der Waals surface area contributed by atoms with Crippen molar-refractivity contribution >= 4 is 11.8 Å². The van der Waals surface area contributed by atoms with Gasteiger partial charge in [0.25, 0.3) is 0 Å². The van der Waals surface area contributed by atoms with E-state index in [9.17, 15) is 26.7 Å². The van der Waals surface area contributed by atoms with Gasteiger partial charge in [0.1, 0.15) is 5.82 Å². The van der Waals surface area contributed by atoms with Crippen LogP contribution in [0.3, 0.4) is 0 Å². The summed E-state index contributed by atoms with van der Waals surface area (Å²) in [6, 6.07) is 17.7. The second-order valence-electron chi connectivity index (χ2n) is 9.81. The van der Waals surface area contributed by atoms with Gasteiger partial charge in [0.2, 0.25) is 0 Å². The first kappa shape index (κ1) is 26.1. The Hall–Kier alpha value is -3.47. The average Bonchev–Trinajstić information content (AvgIpc) is 3.59. The Balaban J connectivity index is 1.32. The molecular weight excluding hydrogens is 505 g/mol. The standard InChI is InChI=1S/C27H28F5N5O/c28-26(29,27(30,31)32)14-15-36-16-21(18-8-3-1-4-9-18)23(17-36)33-25(38)34-24-20-12-7-13-22(20)35-37(24)19-10-5-2-6-11-19/h1-6,8-11,21,23H,7,12-17H2,(H2,33,34,38). The van der Waals surface area contributed by atoms with E-state index in [1.165, 1.54) is 0 Å². The van der Waals surface area contributed by atoms with Crippen LogP contribution in [-0.2, 0) is 12.8 Å². The number of carbonyl (C=O) groups is 1. The molecule has 0 saturated carbocycles. The average molecular weight is 534 g/mol. The van der Waals surface area contributed by atoms with E-state index in [1.807, 2.05) is 60.7 Å². The number of urea groups is 1. The molecule has 2 N–H and O–H groups in total. The molecule has 1 aliphatic carbocycles. The second-order valence-corrected chi connectivity index (χ2v) is 9.81. The quantitative estimate of drug-likeness (QED) is 0.392. The normalized spacial score (nSPS) is 19.9. The third kappa shape index (κ3) is 5.38. The Morgan fingerprint density at radius 2 is 1.63 bits per heavy atom. The van der Waals surface area contributed by atoms with Crippen LogP contribution < -0.4 is 10.6 Å². The van der Waals surface area contributed by atoms with E-state index in [4.69, 9.17) is 5.10 Å². The molecule has 1 aliphatic heterocycles. The first-order chi connectivity index (χ1) is 18.1. The van der Waals surface area contributed by atoms with Crippen LogP contribution in [0.15, 0.2) is 60.7 Å². The Kier molecular flexibility index (Phi) is 7.13. The zero-order chi connectivity index (χ0) is 26.9. The third-order valence-electron chi connectivity index (χ3n) is 7.24. The molecule has 2 unspecified atom stereocenters. The number of aromatic nitrogens is 2. The van der Waals surface area contributed by atoms with Crippen molar-refractivity contribution < 1.29 is 26.7 Å². The summed E-state index contributed by atoms with van der Waals surface area (Å²) in [5.41, 5.74) is 3.59. The predicted octanol–water partition coefficient (Wildman–Crippen LogP) is 5.54. The number of amides is 2. The van der Waals surface area contributed by atoms with Gasteiger partial charge < -0.3 is 10.2 Å². The monoisotopic (exact) mass is 533 g/mol. The minimum atomic E-state index is -5.59. The number of carbonyl (C=O) groups excluding carboxylic acids is 1. The molecule has 38 heavy (non-hydrogen) atoms. The number of likely N-dealkylation sites (tertiary alicyclic amines) is 1. The van der Waals surface area contributed by atoms with Gasteiger partial charge in [-0.25, -0.2) is 9.48 Å². The first-order valence-corrected chi connectivity index (χ1v) is 12.6. The number of nitrogens with one attached hydrogen (secondary N) is 2. The van der Waals surface area contributed by atoms with Gasteiger partial charge in [-0.1, -0.05) is 48.5 Å². The van der Waals surface area contributed by atoms with E-state index < -0.39 is 37.1 Å². The van der Waals surface area contributed by atoms with Crippen molar-refractivity contribution in [2.75, 3.05) is 25.0 Å². The number of anilines is 1. The van der Waals surface area contributed by atoms with Gasteiger partial charge in [0.15, 0.2) is 0 Å². The fourth-order valence-electron chi connectivity index (χ4n) is 5.28. The molecule has 5 rings (SSSR count). The maximum Gasteiger partial charge on any atom is 0.453 e. The van der Waals surface area contributed by atoms with Crippen LogP contribution in [0.5, 0.6) is 0 Å². The summed E-state index contributed by atoms with van der Waals surface area (Å²) in [7, 11) is 0. The summed E-state index contributed by atoms with van der Waals surface area (Å²) in [4.78, 5) is 14.8. The highest BCUT2D eigenvalue weighted by Crippen LogP contribution is 2.39. The number of alkyl halides is 5. The Morgan fingerprint density at radius 1 is 0.947 bits per heavy atom. The van der Waals surface area contributed by atoms with Crippen LogP contribution in [0.4, 0.5) is 32.6 Å². The highest BCUT2D eigenvalue weighted by Gasteiger charge is 2.57. The molecule has 1 saturated heterocycles. The number of hydrogen-bond donors (Lipinski definition) is 2. The number of para-hydroxylation sites is 1. The summed E-state index contributed by atoms with van der Waals surface area (Å²) in [5.74, 6) is -4.46. The molecule has 1 fully saturated rings. The molecule has 3 aromatic rings. The number of benzene rings is 2. The van der Waals surface area contributed by atoms with E-state index >= 15 is 0 Å². The highest BCUT2D eigenvalue weighted by molar-refractivity contribution is 5.90. The van der Waals surface area contributed by atoms with Gasteiger partial charge in [0, 0.05) is 37.5 Å². The lowest BCUT2D eigenvalue weighted by molar-refractivity contribution is -0.284. The van der Waals surface area contributed by atoms with Crippen LogP contribution in [0.2, 0.25) is 0 Å². The molecule has 1 aromatic heterocycles. The van der Waals surface area contributed by atoms with Crippen molar-refractivity contribution in [1.82, 2.24) is 20.0 Å². The smallest absolute Gasteiger partial charge is 0.333 e. The molecule has 0 radical (unpaired) electrons. The largest absolute Gasteiger partial charge is 0.453 e. The molecular formula is C27H28F5N5O. The first-order valence-electron chi connectivity index (χ1n) is 12.6. The van der Waals surface area contributed by atoms with Crippen LogP contribution in [-0.4, -0.2) is 58.5 Å². The van der Waals surface area contributed by atoms with Gasteiger partial charge in [-0.3, -0.25) is 5.32 Å². The lowest BCUT2D eigenvalue weighted by Gasteiger charge is -2.23. The third-order valence-corrected chi connectivity index (χ3v) is 7.24. The molecule has 2 amide bonds. The number of halogens is 5. The summed E-state index contributed by atoms with van der Waals surface area (Å²) < 4.78 is 66.9. The van der Waals surface area contributed by atoms with Gasteiger partial charge in [-0.2, -0.15) is 27.1 Å². The minimum Gasteiger partial charge on any atom is -0.333 e. The van der Waals surface area contributed by atoms with Crippen LogP contribution in [0.1, 0.15) is 35.6 Å². The number of nitrogens with zero attached hydrogens (tertiary/aromatic N) is 3. The Bertz CT molecular complexity index is 1260. The Labute approximate surface area is 216 Å². The SMILES string of the molecule is O=C(Nc1c2c(nn1-c1ccccc1)CCC2)NC1CN(CCC(F)(F)C(F)(F)F)CC1c1ccccc1. The molecule has 2 aliphatic rings. The van der Waals surface area contributed by atoms with E-state index in [-0.39, 0.29) is 19.0 Å². The fourth-order valence-corrected chi connectivity index (χ4v) is 5.28. The number of fused-ring (bicyclic) bond motifs is 1. The Morgan fingerprint density at radius 3 is 2.32 bits per heavy atom. The highest BCUT2D eigenvalue weighted by atomic mass is 19.4. The van der Waals surface area contributed by atoms with E-state index in [2.05, 4.69) is 10.6 Å². The molecule has 2 aromatic carbocycles. The maximum absolute atomic E-state index is 13.6. The second kappa shape index (κ2) is 10.4. The van der Waals surface area contributed by atoms with E-state index in [1.54, 1.807) is 9.58 Å². The summed E-state index contributed by atoms with van der Waals surface area (Å²) in [5, 5.41) is 10.6. The minimum absolute atomic E-state index is 0.150. The zero-order valence-corrected chi connectivity index (χ0v) is 20.5. The van der Waals surface area contributed by atoms with E-state index in [0.29, 0.717) is 5.82 Å². The summed E-state index contributed by atoms with van der Waals surface area (Å²) in [6.07, 6.45) is -4.37. The van der Waals surface area contributed by atoms with Crippen LogP contribution in [0.25, 0.3) is 5.69 Å². The molecule has 6 nitrogen and oxygen atoms in total.